The van der Waals surface area contributed by atoms with Crippen molar-refractivity contribution >= 4 is 29.0 Å². The van der Waals surface area contributed by atoms with Crippen LogP contribution in [0.4, 0.5) is 0 Å². The second-order valence-corrected chi connectivity index (χ2v) is 2.50. The van der Waals surface area contributed by atoms with Crippen LogP contribution >= 0.6 is 23.2 Å². The molecule has 0 saturated carbocycles. The van der Waals surface area contributed by atoms with Gasteiger partial charge in [0.25, 0.3) is 0 Å². The first-order chi connectivity index (χ1) is 4.00. The Morgan fingerprint density at radius 2 is 1.67 bits per heavy atom. The summed E-state index contributed by atoms with van der Waals surface area (Å²) >= 11 is 9.69. The number of hydrogen-bond donors (Lipinski definition) is 0. The Labute approximate surface area is 65.6 Å². The summed E-state index contributed by atoms with van der Waals surface area (Å²) in [4.78, 5) is 9.81. The highest BCUT2D eigenvalue weighted by Crippen LogP contribution is 1.98. The number of ketones is 1. The van der Waals surface area contributed by atoms with Crippen LogP contribution in [0.25, 0.3) is 0 Å². The van der Waals surface area contributed by atoms with Gasteiger partial charge in [-0.1, -0.05) is 36.7 Å². The van der Waals surface area contributed by atoms with Crippen LogP contribution in [0, 0.1) is 0 Å². The molecule has 0 spiro atoms. The van der Waals surface area contributed by atoms with Gasteiger partial charge >= 0.3 is 0 Å². The van der Waals surface area contributed by atoms with E-state index in [1.54, 1.807) is 6.92 Å². The van der Waals surface area contributed by atoms with Crippen LogP contribution in [0.3, 0.4) is 0 Å². The van der Waals surface area contributed by atoms with Gasteiger partial charge in [0, 0.05) is 6.42 Å². The smallest absolute Gasteiger partial charge is 0.129 e. The zero-order valence-electron chi connectivity index (χ0n) is 5.58. The first kappa shape index (κ1) is 11.7. The fraction of sp³-hybridized carbons (Fsp3) is 0.500. The van der Waals surface area contributed by atoms with E-state index in [0.29, 0.717) is 6.42 Å². The molecule has 0 radical (unpaired) electrons. The molecule has 0 aliphatic heterocycles. The van der Waals surface area contributed by atoms with E-state index in [1.807, 2.05) is 6.92 Å². The van der Waals surface area contributed by atoms with E-state index in [2.05, 4.69) is 6.58 Å². The van der Waals surface area contributed by atoms with Crippen LogP contribution in [-0.4, -0.2) is 5.78 Å². The maximum absolute atomic E-state index is 9.81. The monoisotopic (exact) mass is 168 g/mol. The molecule has 0 aliphatic rings. The van der Waals surface area contributed by atoms with Gasteiger partial charge in [-0.2, -0.15) is 0 Å². The lowest BCUT2D eigenvalue weighted by molar-refractivity contribution is -0.116. The molecule has 0 N–H and O–H groups in total. The van der Waals surface area contributed by atoms with Crippen LogP contribution in [0.1, 0.15) is 20.3 Å². The fourth-order valence-corrected chi connectivity index (χ4v) is 0. The highest BCUT2D eigenvalue weighted by atomic mass is 35.5. The van der Waals surface area contributed by atoms with Crippen LogP contribution in [0.2, 0.25) is 0 Å². The molecule has 0 aromatic heterocycles. The van der Waals surface area contributed by atoms with Gasteiger partial charge in [-0.15, -0.1) is 0 Å². The van der Waals surface area contributed by atoms with Crippen LogP contribution in [0.5, 0.6) is 0 Å². The number of rotatable bonds is 1. The lowest BCUT2D eigenvalue weighted by Gasteiger charge is -1.71. The maximum atomic E-state index is 9.81. The van der Waals surface area contributed by atoms with Gasteiger partial charge in [0.05, 0.1) is 4.49 Å². The molecular formula is C6H10Cl2O. The Bertz CT molecular complexity index is 95.2. The first-order valence-corrected chi connectivity index (χ1v) is 3.25. The SMILES string of the molecule is C=C(Cl)Cl.CCC(C)=O. The summed E-state index contributed by atoms with van der Waals surface area (Å²) in [6.45, 7) is 6.52. The molecule has 1 nitrogen and oxygen atoms in total. The largest absolute Gasteiger partial charge is 0.300 e. The minimum Gasteiger partial charge on any atom is -0.300 e. The summed E-state index contributed by atoms with van der Waals surface area (Å²) in [5.41, 5.74) is 0. The average molecular weight is 169 g/mol. The average Bonchev–Trinajstić information content (AvgIpc) is 1.65. The summed E-state index contributed by atoms with van der Waals surface area (Å²) < 4.78 is 0.111. The van der Waals surface area contributed by atoms with E-state index in [9.17, 15) is 4.79 Å². The van der Waals surface area contributed by atoms with Crippen molar-refractivity contribution in [1.82, 2.24) is 0 Å². The third-order valence-electron chi connectivity index (χ3n) is 0.498. The third-order valence-corrected chi connectivity index (χ3v) is 0.498. The van der Waals surface area contributed by atoms with E-state index in [1.165, 1.54) is 0 Å². The summed E-state index contributed by atoms with van der Waals surface area (Å²) in [6, 6.07) is 0. The number of carbonyl (C=O) groups excluding carboxylic acids is 1. The van der Waals surface area contributed by atoms with Gasteiger partial charge in [-0.25, -0.2) is 0 Å². The van der Waals surface area contributed by atoms with Crippen molar-refractivity contribution in [3.63, 3.8) is 0 Å². The van der Waals surface area contributed by atoms with Crippen LogP contribution < -0.4 is 0 Å². The lowest BCUT2D eigenvalue weighted by atomic mass is 10.4. The molecule has 0 aromatic rings. The summed E-state index contributed by atoms with van der Waals surface area (Å²) in [6.07, 6.45) is 0.667. The van der Waals surface area contributed by atoms with E-state index in [4.69, 9.17) is 23.2 Å². The zero-order valence-corrected chi connectivity index (χ0v) is 7.09. The molecule has 0 aliphatic carbocycles. The van der Waals surface area contributed by atoms with Gasteiger partial charge in [-0.3, -0.25) is 0 Å². The molecule has 0 bridgehead atoms. The van der Waals surface area contributed by atoms with Gasteiger partial charge in [0.2, 0.25) is 0 Å². The molecule has 0 aromatic carbocycles. The van der Waals surface area contributed by atoms with Gasteiger partial charge in [0.15, 0.2) is 0 Å². The number of carbonyl (C=O) groups is 1. The topological polar surface area (TPSA) is 17.1 Å². The maximum Gasteiger partial charge on any atom is 0.129 e. The van der Waals surface area contributed by atoms with Crippen LogP contribution in [0.15, 0.2) is 11.1 Å². The molecule has 0 amide bonds. The standard InChI is InChI=1S/C4H8O.C2H2Cl2/c1-3-4(2)5;1-2(3)4/h3H2,1-2H3;1H2. The molecule has 54 valence electrons. The Balaban J connectivity index is 0. The second-order valence-electron chi connectivity index (χ2n) is 1.39. The molecule has 9 heavy (non-hydrogen) atoms. The van der Waals surface area contributed by atoms with E-state index in [-0.39, 0.29) is 10.3 Å². The minimum absolute atomic E-state index is 0.111. The zero-order chi connectivity index (χ0) is 7.86. The predicted octanol–water partition coefficient (Wildman–Crippen LogP) is 2.92. The number of hydrogen-bond acceptors (Lipinski definition) is 1. The fourth-order valence-electron chi connectivity index (χ4n) is 0. The highest BCUT2D eigenvalue weighted by molar-refractivity contribution is 6.55. The molecule has 0 heterocycles. The Kier molecular flexibility index (Phi) is 10.4. The Morgan fingerprint density at radius 1 is 1.56 bits per heavy atom. The predicted molar refractivity (Wildman–Crippen MR) is 41.8 cm³/mol. The molecule has 0 atom stereocenters. The highest BCUT2D eigenvalue weighted by Gasteiger charge is 1.76. The van der Waals surface area contributed by atoms with Gasteiger partial charge in [0.1, 0.15) is 5.78 Å². The van der Waals surface area contributed by atoms with Crippen molar-refractivity contribution in [3.05, 3.63) is 11.1 Å². The van der Waals surface area contributed by atoms with Crippen molar-refractivity contribution in [1.29, 1.82) is 0 Å². The van der Waals surface area contributed by atoms with E-state index >= 15 is 0 Å². The summed E-state index contributed by atoms with van der Waals surface area (Å²) in [5.74, 6) is 0.255. The summed E-state index contributed by atoms with van der Waals surface area (Å²) in [7, 11) is 0. The molecule has 3 heteroatoms. The van der Waals surface area contributed by atoms with Crippen molar-refractivity contribution in [2.24, 2.45) is 0 Å². The first-order valence-electron chi connectivity index (χ1n) is 2.50. The van der Waals surface area contributed by atoms with E-state index in [0.717, 1.165) is 0 Å². The molecular weight excluding hydrogens is 159 g/mol. The van der Waals surface area contributed by atoms with Crippen molar-refractivity contribution in [2.45, 2.75) is 20.3 Å². The third kappa shape index (κ3) is 72.4. The normalized spacial score (nSPS) is 7.11. The van der Waals surface area contributed by atoms with Gasteiger partial charge < -0.3 is 4.79 Å². The quantitative estimate of drug-likeness (QED) is 0.589. The minimum atomic E-state index is 0.111. The molecule has 0 saturated heterocycles. The lowest BCUT2D eigenvalue weighted by Crippen LogP contribution is -1.80. The van der Waals surface area contributed by atoms with Gasteiger partial charge in [-0.05, 0) is 6.92 Å². The molecule has 0 fully saturated rings. The van der Waals surface area contributed by atoms with Crippen molar-refractivity contribution < 1.29 is 4.79 Å². The number of halogens is 2. The number of Topliss-reactive ketones (excluding diaryl/α,β-unsaturated/α-hetero) is 1. The van der Waals surface area contributed by atoms with Crippen LogP contribution in [-0.2, 0) is 4.79 Å². The molecule has 0 unspecified atom stereocenters. The Morgan fingerprint density at radius 3 is 1.67 bits per heavy atom. The molecule has 0 rings (SSSR count). The second kappa shape index (κ2) is 7.99. The Hall–Kier alpha value is -0.0100. The summed E-state index contributed by atoms with van der Waals surface area (Å²) in [5, 5.41) is 0. The van der Waals surface area contributed by atoms with Crippen molar-refractivity contribution in [2.75, 3.05) is 0 Å². The van der Waals surface area contributed by atoms with E-state index < -0.39 is 0 Å². The van der Waals surface area contributed by atoms with Crippen molar-refractivity contribution in [3.8, 4) is 0 Å².